The van der Waals surface area contributed by atoms with E-state index in [1.165, 1.54) is 57.8 Å². The van der Waals surface area contributed by atoms with Gasteiger partial charge in [-0.25, -0.2) is 4.57 Å². The number of allylic oxidation sites excluding steroid dienone is 11. The summed E-state index contributed by atoms with van der Waals surface area (Å²) in [7, 11) is -4.36. The van der Waals surface area contributed by atoms with Crippen LogP contribution in [-0.4, -0.2) is 47.8 Å². The van der Waals surface area contributed by atoms with Gasteiger partial charge in [-0.3, -0.25) is 13.8 Å². The summed E-state index contributed by atoms with van der Waals surface area (Å²) >= 11 is 0. The topological polar surface area (TPSA) is 131 Å². The molecule has 5 N–H and O–H groups in total. The molecule has 8 nitrogen and oxygen atoms in total. The average molecular weight is 721 g/mol. The Kier molecular flexibility index (Phi) is 35.2. The smallest absolute Gasteiger partial charge is 0.387 e. The molecule has 0 aliphatic rings. The van der Waals surface area contributed by atoms with Crippen molar-refractivity contribution in [2.45, 2.75) is 161 Å². The zero-order valence-corrected chi connectivity index (χ0v) is 32.5. The minimum absolute atomic E-state index is 0.0632. The van der Waals surface area contributed by atoms with Crippen LogP contribution in [0.3, 0.4) is 0 Å². The Labute approximate surface area is 306 Å². The zero-order valence-electron chi connectivity index (χ0n) is 31.6. The van der Waals surface area contributed by atoms with Crippen LogP contribution in [0.15, 0.2) is 72.9 Å². The minimum Gasteiger partial charge on any atom is -0.387 e. The standard InChI is InChI=1S/C41H73N2O6P/c1-3-5-7-9-11-13-15-17-18-19-20-21-23-24-26-28-30-32-34-40(44)39(38-49-50(46,47)48-37-36-42)43-41(45)35-33-31-29-27-25-22-16-14-12-10-8-6-4-2/h6,8,12,14,19-20,22,24-26,32,34,39-40,44H,3-5,7,9-11,13,15-18,21,23,27-31,33,35-38,42H2,1-2H3,(H,43,45)(H,46,47)/b8-6-,14-12-,20-19+,25-22-,26-24+,34-32+. The van der Waals surface area contributed by atoms with Crippen LogP contribution in [0, 0.1) is 0 Å². The van der Waals surface area contributed by atoms with Crippen molar-refractivity contribution in [3.8, 4) is 0 Å². The molecular formula is C41H73N2O6P. The van der Waals surface area contributed by atoms with Gasteiger partial charge in [0.05, 0.1) is 25.4 Å². The molecule has 0 bridgehead atoms. The lowest BCUT2D eigenvalue weighted by Crippen LogP contribution is -2.45. The maximum atomic E-state index is 12.7. The lowest BCUT2D eigenvalue weighted by Gasteiger charge is -2.23. The maximum absolute atomic E-state index is 12.7. The highest BCUT2D eigenvalue weighted by Gasteiger charge is 2.26. The predicted octanol–water partition coefficient (Wildman–Crippen LogP) is 10.5. The number of aliphatic hydroxyl groups is 1. The first kappa shape index (κ1) is 47.9. The van der Waals surface area contributed by atoms with Gasteiger partial charge in [-0.15, -0.1) is 0 Å². The fourth-order valence-corrected chi connectivity index (χ4v) is 5.82. The van der Waals surface area contributed by atoms with E-state index in [0.29, 0.717) is 12.8 Å². The highest BCUT2D eigenvalue weighted by Crippen LogP contribution is 2.43. The molecule has 3 unspecified atom stereocenters. The second-order valence-electron chi connectivity index (χ2n) is 12.7. The van der Waals surface area contributed by atoms with Gasteiger partial charge in [0, 0.05) is 13.0 Å². The van der Waals surface area contributed by atoms with Crippen molar-refractivity contribution in [2.75, 3.05) is 19.8 Å². The van der Waals surface area contributed by atoms with E-state index in [4.69, 9.17) is 14.8 Å². The summed E-state index contributed by atoms with van der Waals surface area (Å²) in [6.45, 7) is 3.93. The molecule has 0 rings (SSSR count). The van der Waals surface area contributed by atoms with Crippen molar-refractivity contribution in [1.29, 1.82) is 0 Å². The van der Waals surface area contributed by atoms with Crippen molar-refractivity contribution in [3.63, 3.8) is 0 Å². The van der Waals surface area contributed by atoms with Gasteiger partial charge in [0.25, 0.3) is 0 Å². The molecule has 0 spiro atoms. The van der Waals surface area contributed by atoms with Gasteiger partial charge in [-0.05, 0) is 77.0 Å². The van der Waals surface area contributed by atoms with Crippen LogP contribution in [-0.2, 0) is 18.4 Å². The molecule has 0 radical (unpaired) electrons. The van der Waals surface area contributed by atoms with E-state index in [9.17, 15) is 19.4 Å². The fourth-order valence-electron chi connectivity index (χ4n) is 5.06. The first-order chi connectivity index (χ1) is 24.4. The largest absolute Gasteiger partial charge is 0.472 e. The zero-order chi connectivity index (χ0) is 36.8. The predicted molar refractivity (Wildman–Crippen MR) is 212 cm³/mol. The maximum Gasteiger partial charge on any atom is 0.472 e. The molecule has 0 aliphatic heterocycles. The Balaban J connectivity index is 4.44. The molecule has 0 fully saturated rings. The van der Waals surface area contributed by atoms with Crippen molar-refractivity contribution in [1.82, 2.24) is 5.32 Å². The third-order valence-electron chi connectivity index (χ3n) is 7.99. The van der Waals surface area contributed by atoms with E-state index in [1.54, 1.807) is 6.08 Å². The van der Waals surface area contributed by atoms with Gasteiger partial charge in [0.1, 0.15) is 0 Å². The van der Waals surface area contributed by atoms with Crippen LogP contribution >= 0.6 is 7.82 Å². The van der Waals surface area contributed by atoms with Crippen LogP contribution in [0.4, 0.5) is 0 Å². The van der Waals surface area contributed by atoms with E-state index in [-0.39, 0.29) is 25.7 Å². The number of hydrogen-bond donors (Lipinski definition) is 4. The second kappa shape index (κ2) is 36.7. The number of unbranched alkanes of at least 4 members (excludes halogenated alkanes) is 13. The fraction of sp³-hybridized carbons (Fsp3) is 0.683. The number of hydrogen-bond acceptors (Lipinski definition) is 6. The number of amides is 1. The van der Waals surface area contributed by atoms with Crippen LogP contribution in [0.1, 0.15) is 149 Å². The van der Waals surface area contributed by atoms with Gasteiger partial charge in [0.15, 0.2) is 0 Å². The monoisotopic (exact) mass is 721 g/mol. The lowest BCUT2D eigenvalue weighted by atomic mass is 10.1. The Hall–Kier alpha value is -2.06. The number of phosphoric ester groups is 1. The van der Waals surface area contributed by atoms with Crippen LogP contribution in [0.2, 0.25) is 0 Å². The van der Waals surface area contributed by atoms with Crippen LogP contribution < -0.4 is 11.1 Å². The molecule has 0 saturated heterocycles. The summed E-state index contributed by atoms with van der Waals surface area (Å²) in [4.78, 5) is 22.6. The summed E-state index contributed by atoms with van der Waals surface area (Å²) in [6, 6.07) is -0.901. The molecule has 288 valence electrons. The first-order valence-electron chi connectivity index (χ1n) is 19.6. The van der Waals surface area contributed by atoms with E-state index >= 15 is 0 Å². The molecule has 0 saturated carbocycles. The van der Waals surface area contributed by atoms with Crippen molar-refractivity contribution in [3.05, 3.63) is 72.9 Å². The third-order valence-corrected chi connectivity index (χ3v) is 8.98. The highest BCUT2D eigenvalue weighted by atomic mass is 31.2. The van der Waals surface area contributed by atoms with Crippen molar-refractivity contribution >= 4 is 13.7 Å². The van der Waals surface area contributed by atoms with Gasteiger partial charge in [0.2, 0.25) is 5.91 Å². The van der Waals surface area contributed by atoms with Crippen molar-refractivity contribution in [2.24, 2.45) is 5.73 Å². The third kappa shape index (κ3) is 34.4. The molecule has 0 aromatic carbocycles. The Morgan fingerprint density at radius 1 is 0.680 bits per heavy atom. The normalized spacial score (nSPS) is 15.1. The number of nitrogens with two attached hydrogens (primary N) is 1. The summed E-state index contributed by atoms with van der Waals surface area (Å²) in [6.07, 6.45) is 46.7. The molecule has 0 aliphatic carbocycles. The SMILES string of the molecule is CC/C=C\C/C=C\C/C=C\CCCCCC(=O)NC(COP(=O)(O)OCCN)C(O)/C=C/CC/C=C/CC/C=C/CCCCCCCCCC. The molecule has 1 amide bonds. The quantitative estimate of drug-likeness (QED) is 0.0291. The Morgan fingerprint density at radius 3 is 1.78 bits per heavy atom. The Morgan fingerprint density at radius 2 is 1.18 bits per heavy atom. The number of phosphoric acid groups is 1. The number of aliphatic hydroxyl groups excluding tert-OH is 1. The van der Waals surface area contributed by atoms with E-state index in [2.05, 4.69) is 79.9 Å². The summed E-state index contributed by atoms with van der Waals surface area (Å²) < 4.78 is 22.0. The van der Waals surface area contributed by atoms with Gasteiger partial charge < -0.3 is 21.1 Å². The van der Waals surface area contributed by atoms with Gasteiger partial charge in [-0.1, -0.05) is 138 Å². The van der Waals surface area contributed by atoms with Gasteiger partial charge in [-0.2, -0.15) is 0 Å². The molecule has 0 heterocycles. The Bertz CT molecular complexity index is 1010. The van der Waals surface area contributed by atoms with E-state index in [1.807, 2.05) is 6.08 Å². The summed E-state index contributed by atoms with van der Waals surface area (Å²) in [5.41, 5.74) is 5.35. The van der Waals surface area contributed by atoms with Crippen LogP contribution in [0.5, 0.6) is 0 Å². The van der Waals surface area contributed by atoms with Gasteiger partial charge >= 0.3 is 7.82 Å². The number of carbonyl (C=O) groups excluding carboxylic acids is 1. The molecule has 9 heteroatoms. The number of nitrogens with one attached hydrogen (secondary N) is 1. The number of carbonyl (C=O) groups is 1. The molecule has 3 atom stereocenters. The molecule has 0 aromatic heterocycles. The number of rotatable bonds is 35. The summed E-state index contributed by atoms with van der Waals surface area (Å²) in [5.74, 6) is -0.241. The highest BCUT2D eigenvalue weighted by molar-refractivity contribution is 7.47. The van der Waals surface area contributed by atoms with E-state index < -0.39 is 20.0 Å². The van der Waals surface area contributed by atoms with Crippen molar-refractivity contribution < 1.29 is 28.4 Å². The van der Waals surface area contributed by atoms with E-state index in [0.717, 1.165) is 64.2 Å². The molecule has 50 heavy (non-hydrogen) atoms. The molecular weight excluding hydrogens is 647 g/mol. The average Bonchev–Trinajstić information content (AvgIpc) is 3.10. The lowest BCUT2D eigenvalue weighted by molar-refractivity contribution is -0.123. The van der Waals surface area contributed by atoms with Crippen LogP contribution in [0.25, 0.3) is 0 Å². The summed E-state index contributed by atoms with van der Waals surface area (Å²) in [5, 5.41) is 13.6. The first-order valence-corrected chi connectivity index (χ1v) is 21.1. The second-order valence-corrected chi connectivity index (χ2v) is 14.2. The molecule has 0 aromatic rings. The minimum atomic E-state index is -4.36.